The van der Waals surface area contributed by atoms with Gasteiger partial charge in [0.2, 0.25) is 11.2 Å². The van der Waals surface area contributed by atoms with E-state index in [4.69, 9.17) is 23.2 Å². The van der Waals surface area contributed by atoms with Gasteiger partial charge in [-0.15, -0.1) is 0 Å². The highest BCUT2D eigenvalue weighted by molar-refractivity contribution is 6.35. The third-order valence-electron chi connectivity index (χ3n) is 2.73. The van der Waals surface area contributed by atoms with Gasteiger partial charge < -0.3 is 20.5 Å². The van der Waals surface area contributed by atoms with Crippen LogP contribution in [0.3, 0.4) is 0 Å². The van der Waals surface area contributed by atoms with Gasteiger partial charge in [-0.3, -0.25) is 4.79 Å². The Labute approximate surface area is 123 Å². The number of fused-ring (bicyclic) bond motifs is 1. The van der Waals surface area contributed by atoms with Gasteiger partial charge in [-0.1, -0.05) is 11.6 Å². The second-order valence-electron chi connectivity index (χ2n) is 4.20. The van der Waals surface area contributed by atoms with Crippen molar-refractivity contribution in [1.82, 2.24) is 20.3 Å². The normalized spacial score (nSPS) is 14.2. The molecule has 0 saturated heterocycles. The number of hydrogen-bond donors (Lipinski definition) is 4. The summed E-state index contributed by atoms with van der Waals surface area (Å²) in [5.74, 6) is -0.302. The predicted molar refractivity (Wildman–Crippen MR) is 73.6 cm³/mol. The molecule has 0 spiro atoms. The number of aromatic nitrogens is 3. The minimum atomic E-state index is -1.25. The third kappa shape index (κ3) is 3.01. The van der Waals surface area contributed by atoms with Crippen molar-refractivity contribution in [3.8, 4) is 0 Å². The molecule has 0 aliphatic heterocycles. The summed E-state index contributed by atoms with van der Waals surface area (Å²) >= 11 is 11.6. The first kappa shape index (κ1) is 15.0. The molecule has 0 bridgehead atoms. The summed E-state index contributed by atoms with van der Waals surface area (Å²) in [7, 11) is 0. The lowest BCUT2D eigenvalue weighted by Crippen LogP contribution is -2.34. The molecule has 2 aromatic rings. The second kappa shape index (κ2) is 5.92. The van der Waals surface area contributed by atoms with Crippen LogP contribution < -0.4 is 5.32 Å². The van der Waals surface area contributed by atoms with Crippen LogP contribution in [0.1, 0.15) is 18.6 Å². The van der Waals surface area contributed by atoms with E-state index in [9.17, 15) is 15.0 Å². The molecule has 7 nitrogen and oxygen atoms in total. The highest BCUT2D eigenvalue weighted by Crippen LogP contribution is 2.30. The molecular weight excluding hydrogens is 307 g/mol. The summed E-state index contributed by atoms with van der Waals surface area (Å²) in [6.07, 6.45) is -0.981. The van der Waals surface area contributed by atoms with E-state index in [-0.39, 0.29) is 22.9 Å². The standard InChI is InChI=1S/C11H12Cl2N4O3/c1-4(18)14-3-6(19)8(20)5-2-15-10-7(5)9(12)16-11(13)17-10/h2,6,8,19-20H,3H2,1H3,(H,14,18)(H,15,16,17). The molecule has 2 aromatic heterocycles. The molecule has 0 aromatic carbocycles. The summed E-state index contributed by atoms with van der Waals surface area (Å²) in [6, 6.07) is 0. The Morgan fingerprint density at radius 3 is 2.80 bits per heavy atom. The van der Waals surface area contributed by atoms with Gasteiger partial charge in [-0.2, -0.15) is 4.98 Å². The Kier molecular flexibility index (Phi) is 4.44. The molecule has 9 heteroatoms. The molecule has 108 valence electrons. The minimum absolute atomic E-state index is 0.0239. The predicted octanol–water partition coefficient (Wildman–Crippen LogP) is 0.795. The lowest BCUT2D eigenvalue weighted by molar-refractivity contribution is -0.119. The summed E-state index contributed by atoms with van der Waals surface area (Å²) < 4.78 is 0. The first-order valence-electron chi connectivity index (χ1n) is 5.70. The molecule has 0 radical (unpaired) electrons. The number of rotatable bonds is 4. The van der Waals surface area contributed by atoms with Crippen LogP contribution in [0.25, 0.3) is 11.0 Å². The number of aliphatic hydroxyl groups excluding tert-OH is 2. The van der Waals surface area contributed by atoms with Gasteiger partial charge >= 0.3 is 0 Å². The Bertz CT molecular complexity index is 646. The lowest BCUT2D eigenvalue weighted by Gasteiger charge is -2.17. The topological polar surface area (TPSA) is 111 Å². The fourth-order valence-electron chi connectivity index (χ4n) is 1.79. The van der Waals surface area contributed by atoms with Crippen LogP contribution >= 0.6 is 23.2 Å². The van der Waals surface area contributed by atoms with E-state index in [1.54, 1.807) is 0 Å². The van der Waals surface area contributed by atoms with Crippen LogP contribution in [0.2, 0.25) is 10.4 Å². The number of hydrogen-bond acceptors (Lipinski definition) is 5. The van der Waals surface area contributed by atoms with Crippen molar-refractivity contribution in [2.45, 2.75) is 19.1 Å². The lowest BCUT2D eigenvalue weighted by atomic mass is 10.1. The molecule has 2 atom stereocenters. The zero-order valence-corrected chi connectivity index (χ0v) is 11.9. The molecule has 20 heavy (non-hydrogen) atoms. The van der Waals surface area contributed by atoms with Crippen LogP contribution in [0.4, 0.5) is 0 Å². The number of aromatic amines is 1. The molecule has 0 aliphatic carbocycles. The Morgan fingerprint density at radius 2 is 2.15 bits per heavy atom. The number of carbonyl (C=O) groups is 1. The smallest absolute Gasteiger partial charge is 0.225 e. The Hall–Kier alpha value is -1.41. The number of amides is 1. The Morgan fingerprint density at radius 1 is 1.45 bits per heavy atom. The number of carbonyl (C=O) groups excluding carboxylic acids is 1. The van der Waals surface area contributed by atoms with Crippen LogP contribution in [-0.2, 0) is 4.79 Å². The number of halogens is 2. The highest BCUT2D eigenvalue weighted by atomic mass is 35.5. The van der Waals surface area contributed by atoms with E-state index < -0.39 is 12.2 Å². The minimum Gasteiger partial charge on any atom is -0.388 e. The zero-order chi connectivity index (χ0) is 14.9. The van der Waals surface area contributed by atoms with Crippen LogP contribution in [-0.4, -0.2) is 43.7 Å². The molecule has 2 rings (SSSR count). The second-order valence-corrected chi connectivity index (χ2v) is 4.90. The van der Waals surface area contributed by atoms with Gasteiger partial charge in [0.25, 0.3) is 0 Å². The molecule has 0 saturated carbocycles. The summed E-state index contributed by atoms with van der Waals surface area (Å²) in [4.78, 5) is 21.3. The Balaban J connectivity index is 2.30. The van der Waals surface area contributed by atoms with Crippen LogP contribution in [0.5, 0.6) is 0 Å². The maximum atomic E-state index is 10.8. The molecule has 0 fully saturated rings. The average Bonchev–Trinajstić information content (AvgIpc) is 2.78. The van der Waals surface area contributed by atoms with Gasteiger partial charge in [0.05, 0.1) is 5.39 Å². The molecule has 2 heterocycles. The van der Waals surface area contributed by atoms with Gasteiger partial charge in [-0.05, 0) is 11.6 Å². The van der Waals surface area contributed by atoms with E-state index in [0.29, 0.717) is 16.6 Å². The first-order valence-corrected chi connectivity index (χ1v) is 6.46. The molecule has 1 amide bonds. The monoisotopic (exact) mass is 318 g/mol. The third-order valence-corrected chi connectivity index (χ3v) is 3.18. The number of nitrogens with zero attached hydrogens (tertiary/aromatic N) is 2. The van der Waals surface area contributed by atoms with E-state index >= 15 is 0 Å². The van der Waals surface area contributed by atoms with E-state index in [2.05, 4.69) is 20.3 Å². The van der Waals surface area contributed by atoms with E-state index in [0.717, 1.165) is 0 Å². The van der Waals surface area contributed by atoms with Gasteiger partial charge in [0, 0.05) is 25.2 Å². The molecule has 2 unspecified atom stereocenters. The maximum Gasteiger partial charge on any atom is 0.225 e. The summed E-state index contributed by atoms with van der Waals surface area (Å²) in [5, 5.41) is 22.8. The van der Waals surface area contributed by atoms with Gasteiger partial charge in [0.1, 0.15) is 23.0 Å². The van der Waals surface area contributed by atoms with Gasteiger partial charge in [0.15, 0.2) is 0 Å². The number of aliphatic hydroxyl groups is 2. The fourth-order valence-corrected chi connectivity index (χ4v) is 2.28. The van der Waals surface area contributed by atoms with Crippen molar-refractivity contribution < 1.29 is 15.0 Å². The highest BCUT2D eigenvalue weighted by Gasteiger charge is 2.24. The summed E-state index contributed by atoms with van der Waals surface area (Å²) in [5.41, 5.74) is 0.690. The van der Waals surface area contributed by atoms with Crippen molar-refractivity contribution >= 4 is 40.1 Å². The van der Waals surface area contributed by atoms with Crippen molar-refractivity contribution in [1.29, 1.82) is 0 Å². The molecular formula is C11H12Cl2N4O3. The van der Waals surface area contributed by atoms with Crippen molar-refractivity contribution in [3.05, 3.63) is 22.2 Å². The number of nitrogens with one attached hydrogen (secondary N) is 2. The van der Waals surface area contributed by atoms with Crippen LogP contribution in [0.15, 0.2) is 6.20 Å². The quantitative estimate of drug-likeness (QED) is 0.492. The first-order chi connectivity index (χ1) is 9.40. The average molecular weight is 319 g/mol. The van der Waals surface area contributed by atoms with Gasteiger partial charge in [-0.25, -0.2) is 4.98 Å². The zero-order valence-electron chi connectivity index (χ0n) is 10.4. The number of H-pyrrole nitrogens is 1. The molecule has 4 N–H and O–H groups in total. The molecule has 0 aliphatic rings. The van der Waals surface area contributed by atoms with E-state index in [1.807, 2.05) is 0 Å². The van der Waals surface area contributed by atoms with E-state index in [1.165, 1.54) is 13.1 Å². The largest absolute Gasteiger partial charge is 0.388 e. The summed E-state index contributed by atoms with van der Waals surface area (Å²) in [6.45, 7) is 1.23. The van der Waals surface area contributed by atoms with Crippen molar-refractivity contribution in [2.75, 3.05) is 6.54 Å². The SMILES string of the molecule is CC(=O)NCC(O)C(O)c1c[nH]c2nc(Cl)nc(Cl)c12. The van der Waals surface area contributed by atoms with Crippen LogP contribution in [0, 0.1) is 0 Å². The van der Waals surface area contributed by atoms with Crippen molar-refractivity contribution in [3.63, 3.8) is 0 Å². The fraction of sp³-hybridized carbons (Fsp3) is 0.364. The maximum absolute atomic E-state index is 10.8. The van der Waals surface area contributed by atoms with Crippen molar-refractivity contribution in [2.24, 2.45) is 0 Å².